The first-order valence-electron chi connectivity index (χ1n) is 8.89. The van der Waals surface area contributed by atoms with Crippen molar-refractivity contribution in [1.82, 2.24) is 10.2 Å². The quantitative estimate of drug-likeness (QED) is 0.919. The monoisotopic (exact) mass is 332 g/mol. The maximum atomic E-state index is 12.8. The van der Waals surface area contributed by atoms with Crippen molar-refractivity contribution >= 4 is 6.03 Å². The molecule has 1 fully saturated rings. The van der Waals surface area contributed by atoms with Gasteiger partial charge in [-0.3, -0.25) is 0 Å². The van der Waals surface area contributed by atoms with Gasteiger partial charge in [-0.05, 0) is 37.3 Å². The largest absolute Gasteiger partial charge is 0.493 e. The molecule has 0 aromatic heterocycles. The Hall–Kier alpha value is -1.91. The van der Waals surface area contributed by atoms with E-state index in [1.165, 1.54) is 0 Å². The second-order valence-electron chi connectivity index (χ2n) is 7.17. The number of carbonyl (C=O) groups excluding carboxylic acids is 1. The first-order chi connectivity index (χ1) is 11.5. The fourth-order valence-electron chi connectivity index (χ4n) is 3.89. The Bertz CT molecular complexity index is 615. The number of likely N-dealkylation sites (tertiary alicyclic amines) is 1. The molecule has 1 aromatic carbocycles. The highest BCUT2D eigenvalue weighted by molar-refractivity contribution is 5.76. The number of methoxy groups -OCH3 is 1. The van der Waals surface area contributed by atoms with Crippen molar-refractivity contribution in [2.24, 2.45) is 5.92 Å². The van der Waals surface area contributed by atoms with Gasteiger partial charge in [-0.2, -0.15) is 0 Å². The molecular formula is C19H28N2O3. The number of benzene rings is 1. The molecule has 2 amide bonds. The summed E-state index contributed by atoms with van der Waals surface area (Å²) in [6.07, 6.45) is 2.97. The summed E-state index contributed by atoms with van der Waals surface area (Å²) in [6, 6.07) is 4.42. The third-order valence-corrected chi connectivity index (χ3v) is 5.10. The molecule has 2 aliphatic heterocycles. The molecule has 24 heavy (non-hydrogen) atoms. The Kier molecular flexibility index (Phi) is 4.88. The van der Waals surface area contributed by atoms with E-state index >= 15 is 0 Å². The van der Waals surface area contributed by atoms with Gasteiger partial charge in [0.2, 0.25) is 0 Å². The lowest BCUT2D eigenvalue weighted by Crippen LogP contribution is -2.46. The first-order valence-corrected chi connectivity index (χ1v) is 8.89. The predicted molar refractivity (Wildman–Crippen MR) is 93.7 cm³/mol. The number of fused-ring (bicyclic) bond motifs is 1. The van der Waals surface area contributed by atoms with Crippen molar-refractivity contribution in [3.63, 3.8) is 0 Å². The molecule has 5 heteroatoms. The molecular weight excluding hydrogens is 304 g/mol. The molecule has 2 aliphatic rings. The highest BCUT2D eigenvalue weighted by atomic mass is 16.5. The van der Waals surface area contributed by atoms with Gasteiger partial charge in [0.05, 0.1) is 19.8 Å². The molecule has 1 aromatic rings. The van der Waals surface area contributed by atoms with E-state index in [0.717, 1.165) is 48.4 Å². The van der Waals surface area contributed by atoms with Gasteiger partial charge in [0, 0.05) is 24.6 Å². The van der Waals surface area contributed by atoms with E-state index in [2.05, 4.69) is 25.2 Å². The Labute approximate surface area is 144 Å². The fourth-order valence-corrected chi connectivity index (χ4v) is 3.89. The number of urea groups is 1. The van der Waals surface area contributed by atoms with Crippen molar-refractivity contribution in [3.8, 4) is 11.5 Å². The molecule has 0 radical (unpaired) electrons. The van der Waals surface area contributed by atoms with Crippen molar-refractivity contribution in [2.45, 2.75) is 52.1 Å². The van der Waals surface area contributed by atoms with Crippen molar-refractivity contribution < 1.29 is 14.3 Å². The third kappa shape index (κ3) is 3.17. The predicted octanol–water partition coefficient (Wildman–Crippen LogP) is 3.66. The van der Waals surface area contributed by atoms with Crippen LogP contribution in [-0.2, 0) is 0 Å². The second kappa shape index (κ2) is 6.91. The molecule has 3 rings (SSSR count). The Balaban J connectivity index is 1.80. The summed E-state index contributed by atoms with van der Waals surface area (Å²) in [5.74, 6) is 1.99. The zero-order chi connectivity index (χ0) is 17.3. The smallest absolute Gasteiger partial charge is 0.318 e. The maximum Gasteiger partial charge on any atom is 0.318 e. The fraction of sp³-hybridized carbons (Fsp3) is 0.632. The van der Waals surface area contributed by atoms with Crippen LogP contribution in [0, 0.1) is 12.8 Å². The molecule has 0 spiro atoms. The molecule has 5 nitrogen and oxygen atoms in total. The zero-order valence-electron chi connectivity index (χ0n) is 15.1. The van der Waals surface area contributed by atoms with E-state index in [4.69, 9.17) is 9.47 Å². The average molecular weight is 332 g/mol. The van der Waals surface area contributed by atoms with Gasteiger partial charge in [-0.1, -0.05) is 19.9 Å². The second-order valence-corrected chi connectivity index (χ2v) is 7.17. The number of nitrogens with one attached hydrogen (secondary N) is 1. The summed E-state index contributed by atoms with van der Waals surface area (Å²) in [6.45, 7) is 7.85. The highest BCUT2D eigenvalue weighted by Crippen LogP contribution is 2.40. The van der Waals surface area contributed by atoms with Gasteiger partial charge >= 0.3 is 6.03 Å². The van der Waals surface area contributed by atoms with E-state index in [1.807, 2.05) is 17.9 Å². The van der Waals surface area contributed by atoms with E-state index in [1.54, 1.807) is 7.11 Å². The minimum atomic E-state index is -0.0246. The van der Waals surface area contributed by atoms with Crippen LogP contribution in [0.2, 0.25) is 0 Å². The molecule has 2 heterocycles. The van der Waals surface area contributed by atoms with Gasteiger partial charge in [0.25, 0.3) is 0 Å². The summed E-state index contributed by atoms with van der Waals surface area (Å²) in [4.78, 5) is 14.8. The molecule has 0 aliphatic carbocycles. The van der Waals surface area contributed by atoms with Gasteiger partial charge in [0.15, 0.2) is 11.5 Å². The van der Waals surface area contributed by atoms with E-state index in [-0.39, 0.29) is 12.1 Å². The topological polar surface area (TPSA) is 50.8 Å². The van der Waals surface area contributed by atoms with Crippen molar-refractivity contribution in [2.75, 3.05) is 20.3 Å². The maximum absolute atomic E-state index is 12.8. The SMILES string of the molecule is COc1cc(C)cc2c1OCC[C@H]2NC(=O)N1CCC[C@H]1C(C)C. The number of aryl methyl sites for hydroxylation is 1. The number of hydrogen-bond acceptors (Lipinski definition) is 3. The zero-order valence-corrected chi connectivity index (χ0v) is 15.1. The minimum absolute atomic E-state index is 0.0246. The summed E-state index contributed by atoms with van der Waals surface area (Å²) >= 11 is 0. The van der Waals surface area contributed by atoms with Crippen molar-refractivity contribution in [1.29, 1.82) is 0 Å². The standard InChI is InChI=1S/C19H28N2O3/c1-12(2)16-6-5-8-21(16)19(22)20-15-7-9-24-18-14(15)10-13(3)11-17(18)23-4/h10-12,15-16H,5-9H2,1-4H3,(H,20,22)/t15-,16+/m1/s1. The molecule has 0 unspecified atom stereocenters. The number of rotatable bonds is 3. The Morgan fingerprint density at radius 1 is 1.38 bits per heavy atom. The van der Waals surface area contributed by atoms with Crippen LogP contribution in [0.25, 0.3) is 0 Å². The lowest BCUT2D eigenvalue weighted by molar-refractivity contribution is 0.169. The van der Waals surface area contributed by atoms with Gasteiger partial charge in [0.1, 0.15) is 0 Å². The lowest BCUT2D eigenvalue weighted by atomic mass is 9.98. The van der Waals surface area contributed by atoms with Crippen LogP contribution < -0.4 is 14.8 Å². The van der Waals surface area contributed by atoms with E-state index in [0.29, 0.717) is 18.6 Å². The van der Waals surface area contributed by atoms with E-state index < -0.39 is 0 Å². The molecule has 0 saturated carbocycles. The van der Waals surface area contributed by atoms with Crippen LogP contribution >= 0.6 is 0 Å². The number of carbonyl (C=O) groups is 1. The molecule has 2 atom stereocenters. The van der Waals surface area contributed by atoms with Crippen molar-refractivity contribution in [3.05, 3.63) is 23.3 Å². The Morgan fingerprint density at radius 2 is 2.17 bits per heavy atom. The van der Waals surface area contributed by atoms with Crippen LogP contribution in [-0.4, -0.2) is 37.2 Å². The first kappa shape index (κ1) is 16.9. The third-order valence-electron chi connectivity index (χ3n) is 5.10. The van der Waals surface area contributed by atoms with Gasteiger partial charge in [-0.25, -0.2) is 4.79 Å². The molecule has 1 N–H and O–H groups in total. The average Bonchev–Trinajstić information content (AvgIpc) is 3.04. The number of nitrogens with zero attached hydrogens (tertiary/aromatic N) is 1. The van der Waals surface area contributed by atoms with Crippen LogP contribution in [0.15, 0.2) is 12.1 Å². The van der Waals surface area contributed by atoms with Crippen LogP contribution in [0.3, 0.4) is 0 Å². The Morgan fingerprint density at radius 3 is 2.88 bits per heavy atom. The van der Waals surface area contributed by atoms with Crippen LogP contribution in [0.4, 0.5) is 4.79 Å². The van der Waals surface area contributed by atoms with E-state index in [9.17, 15) is 4.79 Å². The normalized spacial score (nSPS) is 23.0. The molecule has 132 valence electrons. The van der Waals surface area contributed by atoms with Crippen LogP contribution in [0.1, 0.15) is 50.3 Å². The summed E-state index contributed by atoms with van der Waals surface area (Å²) in [7, 11) is 1.65. The summed E-state index contributed by atoms with van der Waals surface area (Å²) < 4.78 is 11.3. The molecule has 1 saturated heterocycles. The lowest BCUT2D eigenvalue weighted by Gasteiger charge is -2.32. The number of hydrogen-bond donors (Lipinski definition) is 1. The minimum Gasteiger partial charge on any atom is -0.493 e. The number of amides is 2. The van der Waals surface area contributed by atoms with Gasteiger partial charge in [-0.15, -0.1) is 0 Å². The number of ether oxygens (including phenoxy) is 2. The summed E-state index contributed by atoms with van der Waals surface area (Å²) in [5.41, 5.74) is 2.13. The highest BCUT2D eigenvalue weighted by Gasteiger charge is 2.33. The van der Waals surface area contributed by atoms with Crippen LogP contribution in [0.5, 0.6) is 11.5 Å². The molecule has 0 bridgehead atoms. The summed E-state index contributed by atoms with van der Waals surface area (Å²) in [5, 5.41) is 3.23. The van der Waals surface area contributed by atoms with Gasteiger partial charge < -0.3 is 19.7 Å².